The summed E-state index contributed by atoms with van der Waals surface area (Å²) in [6, 6.07) is 14.1. The van der Waals surface area contributed by atoms with E-state index in [1.165, 1.54) is 0 Å². The van der Waals surface area contributed by atoms with Crippen molar-refractivity contribution in [1.82, 2.24) is 0 Å². The molecular formula is C13H16NO4P. The lowest BCUT2D eigenvalue weighted by Crippen LogP contribution is -2.22. The molecular weight excluding hydrogens is 265 g/mol. The number of rotatable bonds is 5. The van der Waals surface area contributed by atoms with Crippen LogP contribution in [0.3, 0.4) is 0 Å². The Morgan fingerprint density at radius 2 is 1.84 bits per heavy atom. The monoisotopic (exact) mass is 281 g/mol. The van der Waals surface area contributed by atoms with Crippen LogP contribution in [0.5, 0.6) is 0 Å². The summed E-state index contributed by atoms with van der Waals surface area (Å²) in [5, 5.41) is 2.29. The molecule has 2 aromatic rings. The van der Waals surface area contributed by atoms with E-state index in [0.29, 0.717) is 6.54 Å². The predicted molar refractivity (Wildman–Crippen MR) is 75.2 cm³/mol. The molecule has 0 aromatic heterocycles. The molecule has 0 fully saturated rings. The minimum atomic E-state index is -4.38. The lowest BCUT2D eigenvalue weighted by atomic mass is 10.1. The van der Waals surface area contributed by atoms with Gasteiger partial charge < -0.3 is 14.7 Å². The fourth-order valence-corrected chi connectivity index (χ4v) is 2.16. The molecule has 0 spiro atoms. The average Bonchev–Trinajstić information content (AvgIpc) is 2.36. The molecule has 0 amide bonds. The van der Waals surface area contributed by atoms with Gasteiger partial charge in [-0.15, -0.1) is 0 Å². The largest absolute Gasteiger partial charge is 0.469 e. The highest BCUT2D eigenvalue weighted by molar-refractivity contribution is 7.46. The van der Waals surface area contributed by atoms with E-state index in [1.54, 1.807) is 0 Å². The molecule has 2 rings (SSSR count). The minimum absolute atomic E-state index is 0.0202. The van der Waals surface area contributed by atoms with Crippen molar-refractivity contribution in [2.75, 3.05) is 25.1 Å². The molecule has 102 valence electrons. The third-order valence-electron chi connectivity index (χ3n) is 2.86. The molecule has 0 atom stereocenters. The molecule has 0 heterocycles. The molecule has 2 aromatic carbocycles. The van der Waals surface area contributed by atoms with Crippen molar-refractivity contribution in [1.29, 1.82) is 0 Å². The first-order chi connectivity index (χ1) is 8.96. The molecule has 0 aliphatic carbocycles. The van der Waals surface area contributed by atoms with Crippen LogP contribution >= 0.6 is 7.82 Å². The topological polar surface area (TPSA) is 70.0 Å². The third-order valence-corrected chi connectivity index (χ3v) is 3.38. The van der Waals surface area contributed by atoms with Crippen molar-refractivity contribution in [3.8, 4) is 0 Å². The number of hydrogen-bond acceptors (Lipinski definition) is 3. The molecule has 0 radical (unpaired) electrons. The van der Waals surface area contributed by atoms with Gasteiger partial charge in [0.25, 0.3) is 0 Å². The van der Waals surface area contributed by atoms with E-state index in [-0.39, 0.29) is 6.61 Å². The van der Waals surface area contributed by atoms with Gasteiger partial charge >= 0.3 is 7.82 Å². The zero-order valence-corrected chi connectivity index (χ0v) is 11.5. The van der Waals surface area contributed by atoms with E-state index in [1.807, 2.05) is 54.4 Å². The van der Waals surface area contributed by atoms with Gasteiger partial charge in [0.2, 0.25) is 0 Å². The van der Waals surface area contributed by atoms with Crippen LogP contribution in [0.25, 0.3) is 10.8 Å². The molecule has 0 aliphatic rings. The van der Waals surface area contributed by atoms with E-state index in [2.05, 4.69) is 4.52 Å². The molecule has 0 bridgehead atoms. The summed E-state index contributed by atoms with van der Waals surface area (Å²) in [7, 11) is -2.53. The second kappa shape index (κ2) is 5.72. The zero-order valence-electron chi connectivity index (χ0n) is 10.6. The number of phosphoric ester groups is 1. The van der Waals surface area contributed by atoms with Gasteiger partial charge in [0.15, 0.2) is 0 Å². The summed E-state index contributed by atoms with van der Waals surface area (Å²) in [5.41, 5.74) is 0.980. The van der Waals surface area contributed by atoms with Crippen LogP contribution in [0.15, 0.2) is 42.5 Å². The van der Waals surface area contributed by atoms with E-state index in [0.717, 1.165) is 16.5 Å². The van der Waals surface area contributed by atoms with Crippen LogP contribution in [0.4, 0.5) is 5.69 Å². The second-order valence-corrected chi connectivity index (χ2v) is 5.52. The average molecular weight is 281 g/mol. The fourth-order valence-electron chi connectivity index (χ4n) is 1.84. The highest BCUT2D eigenvalue weighted by Gasteiger charge is 2.13. The van der Waals surface area contributed by atoms with Gasteiger partial charge in [-0.05, 0) is 22.9 Å². The molecule has 0 unspecified atom stereocenters. The first-order valence-electron chi connectivity index (χ1n) is 5.86. The van der Waals surface area contributed by atoms with Crippen molar-refractivity contribution < 1.29 is 18.9 Å². The summed E-state index contributed by atoms with van der Waals surface area (Å²) >= 11 is 0. The van der Waals surface area contributed by atoms with Gasteiger partial charge in [-0.1, -0.05) is 30.3 Å². The Bertz CT molecular complexity index is 610. The Morgan fingerprint density at radius 1 is 1.16 bits per heavy atom. The number of hydrogen-bond donors (Lipinski definition) is 2. The van der Waals surface area contributed by atoms with E-state index in [4.69, 9.17) is 9.79 Å². The van der Waals surface area contributed by atoms with Gasteiger partial charge in [0.05, 0.1) is 6.61 Å². The standard InChI is InChI=1S/C13H16NO4P/c1-14(8-9-18-19(15,16)17)13-7-6-11-4-2-3-5-12(11)10-13/h2-7,10H,8-9H2,1H3,(H2,15,16,17). The number of nitrogens with zero attached hydrogens (tertiary/aromatic N) is 1. The molecule has 2 N–H and O–H groups in total. The fraction of sp³-hybridized carbons (Fsp3) is 0.231. The number of anilines is 1. The number of fused-ring (bicyclic) bond motifs is 1. The van der Waals surface area contributed by atoms with Crippen LogP contribution in [0.1, 0.15) is 0 Å². The van der Waals surface area contributed by atoms with Crippen LogP contribution in [-0.2, 0) is 9.09 Å². The molecule has 19 heavy (non-hydrogen) atoms. The number of benzene rings is 2. The van der Waals surface area contributed by atoms with Crippen LogP contribution < -0.4 is 4.90 Å². The Kier molecular flexibility index (Phi) is 4.22. The van der Waals surface area contributed by atoms with Crippen molar-refractivity contribution in [3.05, 3.63) is 42.5 Å². The van der Waals surface area contributed by atoms with Gasteiger partial charge in [0.1, 0.15) is 0 Å². The first kappa shape index (κ1) is 14.0. The zero-order chi connectivity index (χ0) is 13.9. The lowest BCUT2D eigenvalue weighted by Gasteiger charge is -2.19. The lowest BCUT2D eigenvalue weighted by molar-refractivity contribution is 0.201. The SMILES string of the molecule is CN(CCOP(=O)(O)O)c1ccc2ccccc2c1. The maximum absolute atomic E-state index is 10.6. The molecule has 0 saturated heterocycles. The van der Waals surface area contributed by atoms with Gasteiger partial charge in [-0.25, -0.2) is 4.57 Å². The van der Waals surface area contributed by atoms with Crippen LogP contribution in [-0.4, -0.2) is 30.0 Å². The summed E-state index contributed by atoms with van der Waals surface area (Å²) in [4.78, 5) is 19.1. The van der Waals surface area contributed by atoms with Gasteiger partial charge in [0, 0.05) is 19.3 Å². The highest BCUT2D eigenvalue weighted by atomic mass is 31.2. The molecule has 6 heteroatoms. The highest BCUT2D eigenvalue weighted by Crippen LogP contribution is 2.35. The summed E-state index contributed by atoms with van der Waals surface area (Å²) in [5.74, 6) is 0. The molecule has 5 nitrogen and oxygen atoms in total. The Morgan fingerprint density at radius 3 is 2.53 bits per heavy atom. The van der Waals surface area contributed by atoms with Gasteiger partial charge in [-0.3, -0.25) is 4.52 Å². The third kappa shape index (κ3) is 4.04. The van der Waals surface area contributed by atoms with Crippen molar-refractivity contribution in [2.45, 2.75) is 0 Å². The normalized spacial score (nSPS) is 11.7. The summed E-state index contributed by atoms with van der Waals surface area (Å²) in [6.45, 7) is 0.386. The van der Waals surface area contributed by atoms with Gasteiger partial charge in [-0.2, -0.15) is 0 Å². The molecule has 0 saturated carbocycles. The Hall–Kier alpha value is -1.39. The number of likely N-dealkylation sites (N-methyl/N-ethyl adjacent to an activating group) is 1. The van der Waals surface area contributed by atoms with Crippen LogP contribution in [0.2, 0.25) is 0 Å². The van der Waals surface area contributed by atoms with E-state index < -0.39 is 7.82 Å². The quantitative estimate of drug-likeness (QED) is 0.823. The summed E-state index contributed by atoms with van der Waals surface area (Å²) < 4.78 is 15.0. The maximum atomic E-state index is 10.6. The first-order valence-corrected chi connectivity index (χ1v) is 7.39. The van der Waals surface area contributed by atoms with Crippen molar-refractivity contribution >= 4 is 24.3 Å². The Balaban J connectivity index is 2.05. The van der Waals surface area contributed by atoms with Crippen LogP contribution in [0, 0.1) is 0 Å². The smallest absolute Gasteiger partial charge is 0.372 e. The van der Waals surface area contributed by atoms with Crippen molar-refractivity contribution in [3.63, 3.8) is 0 Å². The minimum Gasteiger partial charge on any atom is -0.372 e. The number of phosphoric acid groups is 1. The Labute approximate surface area is 111 Å². The maximum Gasteiger partial charge on any atom is 0.469 e. The molecule has 0 aliphatic heterocycles. The van der Waals surface area contributed by atoms with Crippen molar-refractivity contribution in [2.24, 2.45) is 0 Å². The summed E-state index contributed by atoms with van der Waals surface area (Å²) in [6.07, 6.45) is 0. The van der Waals surface area contributed by atoms with E-state index >= 15 is 0 Å². The predicted octanol–water partition coefficient (Wildman–Crippen LogP) is 2.39. The van der Waals surface area contributed by atoms with E-state index in [9.17, 15) is 4.57 Å². The second-order valence-electron chi connectivity index (χ2n) is 4.28.